The molecular weight excluding hydrogens is 484 g/mol. The molecule has 0 aliphatic carbocycles. The van der Waals surface area contributed by atoms with Crippen LogP contribution in [0.5, 0.6) is 5.75 Å². The Hall–Kier alpha value is -4.06. The van der Waals surface area contributed by atoms with Crippen molar-refractivity contribution < 1.29 is 23.9 Å². The average Bonchev–Trinajstić information content (AvgIpc) is 3.57. The first-order chi connectivity index (χ1) is 17.4. The maximum atomic E-state index is 12.6. The number of methoxy groups -OCH3 is 1. The molecule has 4 rings (SSSR count). The van der Waals surface area contributed by atoms with Gasteiger partial charge in [-0.25, -0.2) is 9.97 Å². The predicted molar refractivity (Wildman–Crippen MR) is 132 cm³/mol. The van der Waals surface area contributed by atoms with Crippen LogP contribution in [-0.4, -0.2) is 63.6 Å². The Kier molecular flexibility index (Phi) is 7.74. The fourth-order valence-corrected chi connectivity index (χ4v) is 4.97. The summed E-state index contributed by atoms with van der Waals surface area (Å²) in [4.78, 5) is 61.7. The summed E-state index contributed by atoms with van der Waals surface area (Å²) in [7, 11) is 1.56. The number of H-pyrrole nitrogens is 1. The van der Waals surface area contributed by atoms with Gasteiger partial charge in [0.1, 0.15) is 17.1 Å². The van der Waals surface area contributed by atoms with Crippen molar-refractivity contribution in [3.63, 3.8) is 0 Å². The molecule has 0 saturated carbocycles. The molecule has 11 nitrogen and oxygen atoms in total. The Morgan fingerprint density at radius 1 is 1.17 bits per heavy atom. The summed E-state index contributed by atoms with van der Waals surface area (Å²) in [5, 5.41) is 5.02. The molecule has 1 aromatic carbocycles. The van der Waals surface area contributed by atoms with E-state index in [1.54, 1.807) is 41.7 Å². The zero-order valence-corrected chi connectivity index (χ0v) is 20.5. The summed E-state index contributed by atoms with van der Waals surface area (Å²) in [6, 6.07) is 6.85. The van der Waals surface area contributed by atoms with Crippen LogP contribution in [0.2, 0.25) is 0 Å². The number of amides is 3. The van der Waals surface area contributed by atoms with E-state index in [0.29, 0.717) is 24.4 Å². The zero-order valence-electron chi connectivity index (χ0n) is 19.7. The van der Waals surface area contributed by atoms with Crippen molar-refractivity contribution in [1.82, 2.24) is 19.9 Å². The summed E-state index contributed by atoms with van der Waals surface area (Å²) < 4.78 is 5.10. The lowest BCUT2D eigenvalue weighted by molar-refractivity contribution is -0.132. The highest BCUT2D eigenvalue weighted by molar-refractivity contribution is 7.10. The number of primary amides is 1. The summed E-state index contributed by atoms with van der Waals surface area (Å²) in [6.45, 7) is 1.13. The van der Waals surface area contributed by atoms with Gasteiger partial charge in [-0.1, -0.05) is 0 Å². The molecule has 1 saturated heterocycles. The smallest absolute Gasteiger partial charge is 0.276 e. The first kappa shape index (κ1) is 25.0. The van der Waals surface area contributed by atoms with E-state index in [9.17, 15) is 19.2 Å². The van der Waals surface area contributed by atoms with E-state index in [4.69, 9.17) is 10.5 Å². The van der Waals surface area contributed by atoms with Gasteiger partial charge in [-0.15, -0.1) is 11.3 Å². The molecule has 1 aliphatic heterocycles. The molecule has 3 heterocycles. The van der Waals surface area contributed by atoms with Gasteiger partial charge in [0.15, 0.2) is 11.6 Å². The average molecular weight is 511 g/mol. The number of aromatic nitrogens is 3. The summed E-state index contributed by atoms with van der Waals surface area (Å²) in [6.07, 6.45) is 3.03. The molecule has 1 fully saturated rings. The maximum Gasteiger partial charge on any atom is 0.276 e. The van der Waals surface area contributed by atoms with Gasteiger partial charge in [0, 0.05) is 42.8 Å². The molecule has 1 aliphatic rings. The molecule has 0 spiro atoms. The Balaban J connectivity index is 1.25. The van der Waals surface area contributed by atoms with Crippen LogP contribution in [0.25, 0.3) is 0 Å². The minimum atomic E-state index is -0.729. The maximum absolute atomic E-state index is 12.6. The molecule has 0 bridgehead atoms. The number of anilines is 1. The Morgan fingerprint density at radius 2 is 1.89 bits per heavy atom. The number of nitrogens with two attached hydrogens (primary N) is 1. The number of nitrogens with one attached hydrogen (secondary N) is 2. The number of piperidine rings is 1. The molecule has 3 amide bonds. The zero-order chi connectivity index (χ0) is 25.7. The van der Waals surface area contributed by atoms with E-state index in [1.165, 1.54) is 17.7 Å². The third kappa shape index (κ3) is 5.77. The quantitative estimate of drug-likeness (QED) is 0.373. The number of aromatic amines is 1. The van der Waals surface area contributed by atoms with Gasteiger partial charge >= 0.3 is 0 Å². The highest BCUT2D eigenvalue weighted by Gasteiger charge is 2.27. The van der Waals surface area contributed by atoms with Crippen molar-refractivity contribution in [2.24, 2.45) is 5.73 Å². The van der Waals surface area contributed by atoms with Gasteiger partial charge in [-0.05, 0) is 37.1 Å². The number of carbonyl (C=O) groups is 4. The number of rotatable bonds is 9. The molecule has 0 radical (unpaired) electrons. The summed E-state index contributed by atoms with van der Waals surface area (Å²) in [5.74, 6) is -0.471. The van der Waals surface area contributed by atoms with Crippen molar-refractivity contribution in [2.45, 2.75) is 31.6 Å². The Bertz CT molecular complexity index is 1260. The number of likely N-dealkylation sites (tertiary alicyclic amines) is 1. The van der Waals surface area contributed by atoms with E-state index < -0.39 is 11.8 Å². The van der Waals surface area contributed by atoms with E-state index in [2.05, 4.69) is 20.3 Å². The van der Waals surface area contributed by atoms with Crippen LogP contribution in [-0.2, 0) is 4.79 Å². The van der Waals surface area contributed by atoms with Gasteiger partial charge in [0.2, 0.25) is 5.91 Å². The Morgan fingerprint density at radius 3 is 2.56 bits per heavy atom. The van der Waals surface area contributed by atoms with E-state index in [1.807, 2.05) is 0 Å². The van der Waals surface area contributed by atoms with Crippen molar-refractivity contribution in [3.05, 3.63) is 57.9 Å². The molecule has 3 aromatic rings. The van der Waals surface area contributed by atoms with Crippen molar-refractivity contribution >= 4 is 40.7 Å². The third-order valence-electron chi connectivity index (χ3n) is 6.05. The van der Waals surface area contributed by atoms with Crippen molar-refractivity contribution in [2.75, 3.05) is 25.5 Å². The van der Waals surface area contributed by atoms with Crippen LogP contribution >= 0.6 is 11.3 Å². The lowest BCUT2D eigenvalue weighted by Crippen LogP contribution is -2.38. The number of hydrogen-bond acceptors (Lipinski definition) is 8. The normalized spacial score (nSPS) is 13.9. The van der Waals surface area contributed by atoms with Crippen LogP contribution in [0.3, 0.4) is 0 Å². The van der Waals surface area contributed by atoms with Crippen molar-refractivity contribution in [1.29, 1.82) is 0 Å². The number of Topliss-reactive ketones (excluding diaryl/α,β-unsaturated/α-hetero) is 1. The number of ketones is 1. The topological polar surface area (TPSA) is 160 Å². The predicted octanol–water partition coefficient (Wildman–Crippen LogP) is 2.60. The second kappa shape index (κ2) is 11.1. The molecule has 188 valence electrons. The highest BCUT2D eigenvalue weighted by Crippen LogP contribution is 2.31. The minimum Gasteiger partial charge on any atom is -0.497 e. The number of benzene rings is 1. The number of hydrogen-bond donors (Lipinski definition) is 3. The lowest BCUT2D eigenvalue weighted by Gasteiger charge is -2.31. The standard InChI is InChI=1S/C24H26N6O5S/c1-35-16-4-2-14(3-5-16)18(31)6-7-19(32)30-10-8-15(9-11-30)24-28-17(12-36-24)23(34)29-22-20(21(25)33)26-13-27-22/h2-5,12-13,15H,6-11H2,1H3,(H2,25,33)(H,26,27)(H,29,34). The third-order valence-corrected chi connectivity index (χ3v) is 7.05. The molecule has 0 unspecified atom stereocenters. The van der Waals surface area contributed by atoms with Crippen LogP contribution in [0.1, 0.15) is 67.9 Å². The molecule has 36 heavy (non-hydrogen) atoms. The van der Waals surface area contributed by atoms with Gasteiger partial charge in [0.05, 0.1) is 18.4 Å². The minimum absolute atomic E-state index is 0.0153. The lowest BCUT2D eigenvalue weighted by atomic mass is 9.97. The number of carbonyl (C=O) groups excluding carboxylic acids is 4. The number of thiazole rings is 1. The van der Waals surface area contributed by atoms with Crippen LogP contribution in [0, 0.1) is 0 Å². The van der Waals surface area contributed by atoms with E-state index in [-0.39, 0.29) is 47.7 Å². The van der Waals surface area contributed by atoms with Crippen LogP contribution < -0.4 is 15.8 Å². The molecule has 4 N–H and O–H groups in total. The number of nitrogens with zero attached hydrogens (tertiary/aromatic N) is 3. The molecule has 2 aromatic heterocycles. The SMILES string of the molecule is COc1ccc(C(=O)CCC(=O)N2CCC(c3nc(C(=O)Nc4nc[nH]c4C(N)=O)cs3)CC2)cc1. The van der Waals surface area contributed by atoms with Gasteiger partial charge in [-0.2, -0.15) is 0 Å². The molecule has 12 heteroatoms. The highest BCUT2D eigenvalue weighted by atomic mass is 32.1. The fraction of sp³-hybridized carbons (Fsp3) is 0.333. The van der Waals surface area contributed by atoms with Gasteiger partial charge in [-0.3, -0.25) is 19.2 Å². The first-order valence-corrected chi connectivity index (χ1v) is 12.3. The van der Waals surface area contributed by atoms with E-state index >= 15 is 0 Å². The number of imidazole rings is 1. The summed E-state index contributed by atoms with van der Waals surface area (Å²) in [5.41, 5.74) is 6.05. The molecular formula is C24H26N6O5S. The van der Waals surface area contributed by atoms with E-state index in [0.717, 1.165) is 17.8 Å². The van der Waals surface area contributed by atoms with Gasteiger partial charge < -0.3 is 25.7 Å². The van der Waals surface area contributed by atoms with Gasteiger partial charge in [0.25, 0.3) is 11.8 Å². The van der Waals surface area contributed by atoms with Crippen LogP contribution in [0.4, 0.5) is 5.82 Å². The second-order valence-corrected chi connectivity index (χ2v) is 9.21. The fourth-order valence-electron chi connectivity index (χ4n) is 4.00. The van der Waals surface area contributed by atoms with Crippen LogP contribution in [0.15, 0.2) is 36.0 Å². The Labute approximate surface area is 211 Å². The second-order valence-electron chi connectivity index (χ2n) is 8.32. The molecule has 0 atom stereocenters. The largest absolute Gasteiger partial charge is 0.497 e. The number of ether oxygens (including phenoxy) is 1. The monoisotopic (exact) mass is 510 g/mol. The first-order valence-electron chi connectivity index (χ1n) is 11.4. The summed E-state index contributed by atoms with van der Waals surface area (Å²) >= 11 is 1.38. The van der Waals surface area contributed by atoms with Crippen molar-refractivity contribution in [3.8, 4) is 5.75 Å².